The van der Waals surface area contributed by atoms with Gasteiger partial charge in [0.15, 0.2) is 0 Å². The summed E-state index contributed by atoms with van der Waals surface area (Å²) in [5.41, 5.74) is 6.54. The van der Waals surface area contributed by atoms with Crippen molar-refractivity contribution in [2.24, 2.45) is 5.73 Å². The van der Waals surface area contributed by atoms with Gasteiger partial charge in [0.2, 0.25) is 35.4 Å². The van der Waals surface area contributed by atoms with Gasteiger partial charge in [-0.2, -0.15) is 12.6 Å². The van der Waals surface area contributed by atoms with Gasteiger partial charge in [-0.05, 0) is 31.2 Å². The number of carboxylic acids is 4. The number of amides is 8. The van der Waals surface area contributed by atoms with E-state index < -0.39 is 115 Å². The first-order chi connectivity index (χ1) is 30.3. The molecule has 1 aromatic carbocycles. The predicted molar refractivity (Wildman–Crippen MR) is 228 cm³/mol. The van der Waals surface area contributed by atoms with Crippen LogP contribution in [0.15, 0.2) is 30.3 Å². The van der Waals surface area contributed by atoms with E-state index in [0.717, 1.165) is 12.0 Å². The molecule has 0 saturated heterocycles. The smallest absolute Gasteiger partial charge is 0.327 e. The largest absolute Gasteiger partial charge is 0.481 e. The van der Waals surface area contributed by atoms with Crippen LogP contribution in [0.5, 0.6) is 0 Å². The second-order valence-corrected chi connectivity index (χ2v) is 14.7. The highest BCUT2D eigenvalue weighted by molar-refractivity contribution is 7.80. The average molecular weight is 926 g/mol. The standard InChI is InChI=1S/C39H59N9O15S/c40-24(34(56)46-27(19-33(54)55)36(58)47-28(22-64)38(61)62)20-43-31(51)21-44-35(57)26(18-23-10-5-4-6-11-23)45-30(50)12-7-2-1-3-8-16-41-29(49)15-14-25(37(59)60)48-39(63)42-17-9-13-32(52)53/h4-6,10-11,24-28,64H,1-3,7-9,12-22,40H2,(H,41,49)(H,43,51)(H,44,57)(H,45,50)(H,46,56)(H,47,58)(H,52,53)(H,54,55)(H,59,60)(H,61,62)(H2,42,48,63)/t24?,25?,26-,27?,28?/m0/s1. The Morgan fingerprint density at radius 1 is 0.547 bits per heavy atom. The number of rotatable bonds is 33. The van der Waals surface area contributed by atoms with Gasteiger partial charge in [0.1, 0.15) is 30.2 Å². The van der Waals surface area contributed by atoms with Crippen LogP contribution < -0.4 is 48.3 Å². The Morgan fingerprint density at radius 2 is 1.17 bits per heavy atom. The zero-order valence-electron chi connectivity index (χ0n) is 35.1. The van der Waals surface area contributed by atoms with Gasteiger partial charge in [-0.15, -0.1) is 0 Å². The number of hydrogen-bond acceptors (Lipinski definition) is 13. The molecule has 0 fully saturated rings. The Bertz CT molecular complexity index is 1760. The van der Waals surface area contributed by atoms with E-state index in [2.05, 4.69) is 55.2 Å². The Balaban J connectivity index is 2.51. The maximum Gasteiger partial charge on any atom is 0.327 e. The summed E-state index contributed by atoms with van der Waals surface area (Å²) in [6.07, 6.45) is 2.21. The minimum Gasteiger partial charge on any atom is -0.481 e. The second kappa shape index (κ2) is 31.4. The third kappa shape index (κ3) is 25.4. The number of nitrogens with one attached hydrogen (secondary N) is 8. The van der Waals surface area contributed by atoms with Crippen LogP contribution in [-0.2, 0) is 54.4 Å². The Morgan fingerprint density at radius 3 is 1.80 bits per heavy atom. The van der Waals surface area contributed by atoms with Crippen LogP contribution in [0.3, 0.4) is 0 Å². The van der Waals surface area contributed by atoms with Crippen molar-refractivity contribution in [3.8, 4) is 0 Å². The van der Waals surface area contributed by atoms with Crippen molar-refractivity contribution in [1.82, 2.24) is 42.5 Å². The SMILES string of the molecule is NC(CNC(=O)CNC(=O)[C@H](Cc1ccccc1)NC(=O)CCCCCCCNC(=O)CCC(NC(=O)NCCCC(=O)O)C(=O)O)C(=O)NC(CC(=O)O)C(=O)NC(CS)C(=O)O. The highest BCUT2D eigenvalue weighted by Gasteiger charge is 2.30. The molecule has 4 unspecified atom stereocenters. The minimum absolute atomic E-state index is 0.0393. The van der Waals surface area contributed by atoms with E-state index in [1.165, 1.54) is 0 Å². The number of aliphatic carboxylic acids is 4. The molecule has 0 aliphatic rings. The van der Waals surface area contributed by atoms with Crippen LogP contribution in [0.4, 0.5) is 4.79 Å². The summed E-state index contributed by atoms with van der Waals surface area (Å²) in [4.78, 5) is 132. The Kier molecular flexibility index (Phi) is 27.2. The van der Waals surface area contributed by atoms with Gasteiger partial charge >= 0.3 is 29.9 Å². The number of nitrogens with two attached hydrogens (primary N) is 1. The number of carbonyl (C=O) groups excluding carboxylic acids is 7. The normalized spacial score (nSPS) is 13.0. The van der Waals surface area contributed by atoms with E-state index in [-0.39, 0.29) is 50.8 Å². The van der Waals surface area contributed by atoms with Crippen molar-refractivity contribution >= 4 is 78.0 Å². The van der Waals surface area contributed by atoms with E-state index in [1.807, 2.05) is 0 Å². The van der Waals surface area contributed by atoms with E-state index in [9.17, 15) is 57.8 Å². The summed E-state index contributed by atoms with van der Waals surface area (Å²) in [5, 5.41) is 55.2. The Hall–Kier alpha value is -6.50. The highest BCUT2D eigenvalue weighted by atomic mass is 32.1. The Labute approximate surface area is 373 Å². The van der Waals surface area contributed by atoms with Gasteiger partial charge < -0.3 is 68.7 Å². The lowest BCUT2D eigenvalue weighted by Gasteiger charge is -2.21. The van der Waals surface area contributed by atoms with Crippen molar-refractivity contribution in [3.63, 3.8) is 0 Å². The molecular weight excluding hydrogens is 867 g/mol. The third-order valence-corrected chi connectivity index (χ3v) is 9.41. The van der Waals surface area contributed by atoms with Gasteiger partial charge in [0.05, 0.1) is 13.0 Å². The first kappa shape index (κ1) is 55.5. The van der Waals surface area contributed by atoms with Crippen LogP contribution in [0.1, 0.15) is 76.2 Å². The van der Waals surface area contributed by atoms with Crippen molar-refractivity contribution in [2.45, 2.75) is 107 Å². The first-order valence-electron chi connectivity index (χ1n) is 20.4. The topological polar surface area (TPSA) is 391 Å². The van der Waals surface area contributed by atoms with Crippen LogP contribution in [0.25, 0.3) is 0 Å². The molecular formula is C39H59N9O15S. The number of hydrogen-bond donors (Lipinski definition) is 14. The van der Waals surface area contributed by atoms with Gasteiger partial charge in [-0.3, -0.25) is 38.4 Å². The zero-order valence-corrected chi connectivity index (χ0v) is 36.0. The van der Waals surface area contributed by atoms with Crippen molar-refractivity contribution in [3.05, 3.63) is 35.9 Å². The first-order valence-corrected chi connectivity index (χ1v) is 21.0. The van der Waals surface area contributed by atoms with E-state index in [1.54, 1.807) is 30.3 Å². The molecule has 14 N–H and O–H groups in total. The van der Waals surface area contributed by atoms with Gasteiger partial charge in [-0.25, -0.2) is 14.4 Å². The average Bonchev–Trinajstić information content (AvgIpc) is 3.24. The number of carbonyl (C=O) groups is 11. The van der Waals surface area contributed by atoms with E-state index >= 15 is 0 Å². The summed E-state index contributed by atoms with van der Waals surface area (Å²) >= 11 is 3.81. The molecule has 0 spiro atoms. The maximum atomic E-state index is 13.2. The quantitative estimate of drug-likeness (QED) is 0.0258. The fourth-order valence-corrected chi connectivity index (χ4v) is 5.80. The van der Waals surface area contributed by atoms with Crippen LogP contribution >= 0.6 is 12.6 Å². The summed E-state index contributed by atoms with van der Waals surface area (Å²) in [6, 6.07) is 0.978. The summed E-state index contributed by atoms with van der Waals surface area (Å²) in [5.74, 6) is -9.98. The number of thiol groups is 1. The molecule has 24 nitrogen and oxygen atoms in total. The summed E-state index contributed by atoms with van der Waals surface area (Å²) in [7, 11) is 0. The number of unbranched alkanes of at least 4 members (excludes halogenated alkanes) is 4. The lowest BCUT2D eigenvalue weighted by atomic mass is 10.0. The van der Waals surface area contributed by atoms with Crippen LogP contribution in [-0.4, -0.2) is 148 Å². The molecule has 0 heterocycles. The molecule has 1 aromatic rings. The summed E-state index contributed by atoms with van der Waals surface area (Å²) < 4.78 is 0. The monoisotopic (exact) mass is 925 g/mol. The summed E-state index contributed by atoms with van der Waals surface area (Å²) in [6.45, 7) is -0.699. The fourth-order valence-electron chi connectivity index (χ4n) is 5.56. The molecule has 64 heavy (non-hydrogen) atoms. The van der Waals surface area contributed by atoms with E-state index in [4.69, 9.17) is 21.1 Å². The molecule has 0 radical (unpaired) electrons. The molecule has 5 atom stereocenters. The zero-order chi connectivity index (χ0) is 48.0. The van der Waals surface area contributed by atoms with Gasteiger partial charge in [0.25, 0.3) is 0 Å². The lowest BCUT2D eigenvalue weighted by Crippen LogP contribution is -2.57. The number of urea groups is 1. The van der Waals surface area contributed by atoms with Crippen molar-refractivity contribution in [2.75, 3.05) is 31.9 Å². The molecule has 356 valence electrons. The third-order valence-electron chi connectivity index (χ3n) is 9.04. The number of carboxylic acid groups (broad SMARTS) is 4. The molecule has 25 heteroatoms. The predicted octanol–water partition coefficient (Wildman–Crippen LogP) is -2.41. The highest BCUT2D eigenvalue weighted by Crippen LogP contribution is 2.08. The lowest BCUT2D eigenvalue weighted by molar-refractivity contribution is -0.143. The van der Waals surface area contributed by atoms with Crippen LogP contribution in [0, 0.1) is 0 Å². The molecule has 0 aliphatic heterocycles. The minimum atomic E-state index is -1.70. The maximum absolute atomic E-state index is 13.2. The fraction of sp³-hybridized carbons (Fsp3) is 0.564. The number of benzene rings is 1. The molecule has 1 rings (SSSR count). The molecule has 0 aromatic heterocycles. The molecule has 0 saturated carbocycles. The molecule has 0 aliphatic carbocycles. The molecule has 8 amide bonds. The van der Waals surface area contributed by atoms with Crippen molar-refractivity contribution in [1.29, 1.82) is 0 Å². The van der Waals surface area contributed by atoms with Gasteiger partial charge in [-0.1, -0.05) is 49.6 Å². The van der Waals surface area contributed by atoms with Crippen molar-refractivity contribution < 1.29 is 73.2 Å². The van der Waals surface area contributed by atoms with Gasteiger partial charge in [0, 0.05) is 51.1 Å². The van der Waals surface area contributed by atoms with E-state index in [0.29, 0.717) is 32.2 Å². The second-order valence-electron chi connectivity index (χ2n) is 14.4. The van der Waals surface area contributed by atoms with Crippen LogP contribution in [0.2, 0.25) is 0 Å². The molecule has 0 bridgehead atoms.